The molecule has 2 nitrogen and oxygen atoms in total. The van der Waals surface area contributed by atoms with Crippen molar-refractivity contribution in [2.24, 2.45) is 4.99 Å². The van der Waals surface area contributed by atoms with E-state index in [1.165, 1.54) is 121 Å². The Kier molecular flexibility index (Phi) is 10.5. The zero-order valence-electron chi connectivity index (χ0n) is 16.3. The van der Waals surface area contributed by atoms with Gasteiger partial charge in [0.1, 0.15) is 0 Å². The fourth-order valence-corrected chi connectivity index (χ4v) is 4.33. The lowest BCUT2D eigenvalue weighted by Gasteiger charge is -2.23. The number of nitrogens with one attached hydrogen (secondary N) is 1. The number of nitrogens with zero attached hydrogens (tertiary/aromatic N) is 1. The van der Waals surface area contributed by atoms with Crippen LogP contribution in [0.4, 0.5) is 0 Å². The van der Waals surface area contributed by atoms with Gasteiger partial charge in [-0.3, -0.25) is 4.99 Å². The molecule has 24 heavy (non-hydrogen) atoms. The normalized spacial score (nSPS) is 23.0. The van der Waals surface area contributed by atoms with E-state index < -0.39 is 0 Å². The van der Waals surface area contributed by atoms with Crippen molar-refractivity contribution < 1.29 is 0 Å². The lowest BCUT2D eigenvalue weighted by atomic mass is 9.92. The Balaban J connectivity index is 1.32. The quantitative estimate of drug-likeness (QED) is 0.348. The molecule has 1 aliphatic carbocycles. The van der Waals surface area contributed by atoms with Gasteiger partial charge in [0, 0.05) is 12.5 Å². The summed E-state index contributed by atoms with van der Waals surface area (Å²) in [5.41, 5.74) is 0. The molecule has 1 saturated carbocycles. The van der Waals surface area contributed by atoms with Crippen molar-refractivity contribution in [3.8, 4) is 0 Å². The number of amidine groups is 1. The summed E-state index contributed by atoms with van der Waals surface area (Å²) in [7, 11) is 0. The SMILES string of the molecule is CCCCCCCCCCCCCCCC1=NC2CCCCC2N1. The van der Waals surface area contributed by atoms with Gasteiger partial charge in [-0.25, -0.2) is 0 Å². The molecule has 2 heteroatoms. The van der Waals surface area contributed by atoms with Crippen LogP contribution in [0.15, 0.2) is 4.99 Å². The minimum atomic E-state index is 0.621. The number of fused-ring (bicyclic) bond motifs is 1. The van der Waals surface area contributed by atoms with E-state index in [4.69, 9.17) is 4.99 Å². The van der Waals surface area contributed by atoms with E-state index in [1.54, 1.807) is 0 Å². The van der Waals surface area contributed by atoms with E-state index in [1.807, 2.05) is 0 Å². The van der Waals surface area contributed by atoms with Gasteiger partial charge in [0.2, 0.25) is 0 Å². The van der Waals surface area contributed by atoms with Crippen molar-refractivity contribution in [2.75, 3.05) is 0 Å². The van der Waals surface area contributed by atoms with E-state index in [0.29, 0.717) is 12.1 Å². The monoisotopic (exact) mass is 334 g/mol. The van der Waals surface area contributed by atoms with Crippen LogP contribution in [0.2, 0.25) is 0 Å². The molecule has 1 N–H and O–H groups in total. The summed E-state index contributed by atoms with van der Waals surface area (Å²) in [5.74, 6) is 1.33. The summed E-state index contributed by atoms with van der Waals surface area (Å²) in [6.07, 6.45) is 25.3. The average Bonchev–Trinajstić information content (AvgIpc) is 3.02. The number of unbranched alkanes of at least 4 members (excludes halogenated alkanes) is 12. The van der Waals surface area contributed by atoms with Crippen LogP contribution in [0.3, 0.4) is 0 Å². The molecule has 0 aromatic rings. The molecule has 0 bridgehead atoms. The van der Waals surface area contributed by atoms with Gasteiger partial charge in [-0.2, -0.15) is 0 Å². The van der Waals surface area contributed by atoms with Crippen LogP contribution in [0.25, 0.3) is 0 Å². The Hall–Kier alpha value is -0.530. The fourth-order valence-electron chi connectivity index (χ4n) is 4.33. The molecule has 1 fully saturated rings. The maximum absolute atomic E-state index is 4.91. The minimum absolute atomic E-state index is 0.621. The van der Waals surface area contributed by atoms with Crippen LogP contribution in [0.1, 0.15) is 122 Å². The molecular weight excluding hydrogens is 292 g/mol. The Labute approximate surface area is 151 Å². The second kappa shape index (κ2) is 12.8. The summed E-state index contributed by atoms with van der Waals surface area (Å²) in [5, 5.41) is 3.69. The third-order valence-electron chi connectivity index (χ3n) is 5.92. The summed E-state index contributed by atoms with van der Waals surface area (Å²) in [6, 6.07) is 1.31. The van der Waals surface area contributed by atoms with Crippen molar-refractivity contribution in [3.63, 3.8) is 0 Å². The Morgan fingerprint density at radius 2 is 1.29 bits per heavy atom. The van der Waals surface area contributed by atoms with E-state index >= 15 is 0 Å². The topological polar surface area (TPSA) is 24.4 Å². The molecule has 0 aromatic carbocycles. The first-order chi connectivity index (χ1) is 11.9. The fraction of sp³-hybridized carbons (Fsp3) is 0.955. The molecule has 0 spiro atoms. The number of aliphatic imine (C=N–C) groups is 1. The van der Waals surface area contributed by atoms with Crippen LogP contribution in [-0.4, -0.2) is 17.9 Å². The van der Waals surface area contributed by atoms with Gasteiger partial charge in [0.05, 0.1) is 11.9 Å². The third-order valence-corrected chi connectivity index (χ3v) is 5.92. The summed E-state index contributed by atoms with van der Waals surface area (Å²) in [6.45, 7) is 2.30. The summed E-state index contributed by atoms with van der Waals surface area (Å²) < 4.78 is 0. The van der Waals surface area contributed by atoms with Crippen LogP contribution in [0.5, 0.6) is 0 Å². The van der Waals surface area contributed by atoms with Gasteiger partial charge in [0.15, 0.2) is 0 Å². The molecule has 2 rings (SSSR count). The summed E-state index contributed by atoms with van der Waals surface area (Å²) >= 11 is 0. The minimum Gasteiger partial charge on any atom is -0.369 e. The van der Waals surface area contributed by atoms with Crippen molar-refractivity contribution in [3.05, 3.63) is 0 Å². The zero-order chi connectivity index (χ0) is 16.9. The highest BCUT2D eigenvalue weighted by Crippen LogP contribution is 2.25. The highest BCUT2D eigenvalue weighted by atomic mass is 15.1. The molecular formula is C22H42N2. The van der Waals surface area contributed by atoms with Gasteiger partial charge in [-0.05, 0) is 19.3 Å². The lowest BCUT2D eigenvalue weighted by molar-refractivity contribution is 0.384. The molecule has 2 unspecified atom stereocenters. The Morgan fingerprint density at radius 3 is 1.88 bits per heavy atom. The smallest absolute Gasteiger partial charge is 0.0970 e. The average molecular weight is 335 g/mol. The predicted molar refractivity (Wildman–Crippen MR) is 107 cm³/mol. The maximum atomic E-state index is 4.91. The number of hydrogen-bond acceptors (Lipinski definition) is 2. The molecule has 0 radical (unpaired) electrons. The first-order valence-corrected chi connectivity index (χ1v) is 11.2. The Bertz CT molecular complexity index is 337. The van der Waals surface area contributed by atoms with Crippen LogP contribution < -0.4 is 5.32 Å². The van der Waals surface area contributed by atoms with Crippen LogP contribution >= 0.6 is 0 Å². The van der Waals surface area contributed by atoms with Crippen LogP contribution in [0, 0.1) is 0 Å². The van der Waals surface area contributed by atoms with Gasteiger partial charge in [0.25, 0.3) is 0 Å². The second-order valence-corrected chi connectivity index (χ2v) is 8.17. The van der Waals surface area contributed by atoms with Crippen LogP contribution in [-0.2, 0) is 0 Å². The van der Waals surface area contributed by atoms with Crippen molar-refractivity contribution >= 4 is 5.84 Å². The zero-order valence-corrected chi connectivity index (χ0v) is 16.3. The molecule has 1 aliphatic heterocycles. The van der Waals surface area contributed by atoms with Gasteiger partial charge < -0.3 is 5.32 Å². The first-order valence-electron chi connectivity index (χ1n) is 11.2. The lowest BCUT2D eigenvalue weighted by Crippen LogP contribution is -2.36. The second-order valence-electron chi connectivity index (χ2n) is 8.17. The molecule has 2 atom stereocenters. The maximum Gasteiger partial charge on any atom is 0.0970 e. The first kappa shape index (κ1) is 19.8. The standard InChI is InChI=1S/C22H42N2/c1-2-3-4-5-6-7-8-9-10-11-12-13-14-19-22-23-20-17-15-16-18-21(20)24-22/h20-21H,2-19H2,1H3,(H,23,24). The molecule has 0 saturated heterocycles. The van der Waals surface area contributed by atoms with Gasteiger partial charge >= 0.3 is 0 Å². The van der Waals surface area contributed by atoms with E-state index in [9.17, 15) is 0 Å². The molecule has 2 aliphatic rings. The van der Waals surface area contributed by atoms with Gasteiger partial charge in [-0.1, -0.05) is 96.8 Å². The van der Waals surface area contributed by atoms with E-state index in [-0.39, 0.29) is 0 Å². The van der Waals surface area contributed by atoms with Crippen molar-refractivity contribution in [1.29, 1.82) is 0 Å². The van der Waals surface area contributed by atoms with Gasteiger partial charge in [-0.15, -0.1) is 0 Å². The van der Waals surface area contributed by atoms with E-state index in [2.05, 4.69) is 12.2 Å². The van der Waals surface area contributed by atoms with Crippen molar-refractivity contribution in [1.82, 2.24) is 5.32 Å². The number of rotatable bonds is 14. The third kappa shape index (κ3) is 8.03. The highest BCUT2D eigenvalue weighted by Gasteiger charge is 2.29. The molecule has 0 aromatic heterocycles. The number of hydrogen-bond donors (Lipinski definition) is 1. The Morgan fingerprint density at radius 1 is 0.750 bits per heavy atom. The predicted octanol–water partition coefficient (Wildman–Crippen LogP) is 6.78. The van der Waals surface area contributed by atoms with E-state index in [0.717, 1.165) is 0 Å². The molecule has 140 valence electrons. The summed E-state index contributed by atoms with van der Waals surface area (Å²) in [4.78, 5) is 4.91. The largest absolute Gasteiger partial charge is 0.369 e. The molecule has 1 heterocycles. The highest BCUT2D eigenvalue weighted by molar-refractivity contribution is 5.84. The molecule has 0 amide bonds. The van der Waals surface area contributed by atoms with Crippen molar-refractivity contribution in [2.45, 2.75) is 135 Å².